The monoisotopic (exact) mass is 609 g/mol. The number of carboxylic acid groups (broad SMARTS) is 1. The third-order valence-corrected chi connectivity index (χ3v) is 5.52. The van der Waals surface area contributed by atoms with Gasteiger partial charge in [-0.25, -0.2) is 19.7 Å². The molecule has 13 nitrogen and oxygen atoms in total. The third kappa shape index (κ3) is 9.62. The van der Waals surface area contributed by atoms with E-state index in [-0.39, 0.29) is 25.8 Å². The fraction of sp³-hybridized carbons (Fsp3) is 0.565. The Labute approximate surface area is 235 Å². The molecule has 232 valence electrons. The number of piperazine rings is 1. The summed E-state index contributed by atoms with van der Waals surface area (Å²) in [5.41, 5.74) is 1.65. The maximum absolute atomic E-state index is 12.5. The Balaban J connectivity index is 0.000000616. The van der Waals surface area contributed by atoms with Crippen molar-refractivity contribution in [3.8, 4) is 0 Å². The van der Waals surface area contributed by atoms with E-state index in [2.05, 4.69) is 37.5 Å². The number of rotatable bonds is 10. The molecule has 1 aliphatic rings. The minimum Gasteiger partial charge on any atom is -0.475 e. The van der Waals surface area contributed by atoms with Crippen LogP contribution in [0.5, 0.6) is 0 Å². The Morgan fingerprint density at radius 3 is 2.55 bits per heavy atom. The lowest BCUT2D eigenvalue weighted by atomic mass is 10.2. The quantitative estimate of drug-likeness (QED) is 0.229. The summed E-state index contributed by atoms with van der Waals surface area (Å²) >= 11 is 0. The van der Waals surface area contributed by atoms with Gasteiger partial charge in [-0.05, 0) is 19.9 Å². The van der Waals surface area contributed by atoms with Gasteiger partial charge in [0.25, 0.3) is 0 Å². The Morgan fingerprint density at radius 1 is 1.21 bits per heavy atom. The number of carboxylic acids is 1. The van der Waals surface area contributed by atoms with Gasteiger partial charge in [-0.3, -0.25) is 4.68 Å². The zero-order chi connectivity index (χ0) is 30.9. The van der Waals surface area contributed by atoms with E-state index in [0.717, 1.165) is 19.6 Å². The van der Waals surface area contributed by atoms with E-state index in [1.807, 2.05) is 6.92 Å². The zero-order valence-corrected chi connectivity index (χ0v) is 22.5. The molecule has 4 rings (SSSR count). The molecule has 0 bridgehead atoms. The van der Waals surface area contributed by atoms with Crippen LogP contribution in [0.1, 0.15) is 19.5 Å². The lowest BCUT2D eigenvalue weighted by Crippen LogP contribution is -2.49. The maximum Gasteiger partial charge on any atom is 0.490 e. The van der Waals surface area contributed by atoms with Crippen LogP contribution in [-0.4, -0.2) is 98.6 Å². The molecule has 42 heavy (non-hydrogen) atoms. The first kappa shape index (κ1) is 32.7. The van der Waals surface area contributed by atoms with Crippen LogP contribution in [0.15, 0.2) is 18.6 Å². The van der Waals surface area contributed by atoms with Crippen molar-refractivity contribution >= 4 is 34.6 Å². The minimum absolute atomic E-state index is 0.0739. The van der Waals surface area contributed by atoms with Gasteiger partial charge in [0.2, 0.25) is 5.95 Å². The number of halogens is 6. The number of hydrogen-bond donors (Lipinski definition) is 3. The molecule has 3 N–H and O–H groups in total. The second kappa shape index (κ2) is 14.4. The molecule has 0 saturated carbocycles. The number of alkyl halides is 6. The Kier molecular flexibility index (Phi) is 11.2. The molecule has 0 unspecified atom stereocenters. The predicted octanol–water partition coefficient (Wildman–Crippen LogP) is 2.91. The summed E-state index contributed by atoms with van der Waals surface area (Å²) in [6.07, 6.45) is -6.48. The maximum atomic E-state index is 12.5. The average molecular weight is 610 g/mol. The summed E-state index contributed by atoms with van der Waals surface area (Å²) in [6.45, 7) is 5.43. The number of nitrogens with one attached hydrogen (secondary N) is 2. The molecular weight excluding hydrogens is 580 g/mol. The molecule has 0 radical (unpaired) electrons. The van der Waals surface area contributed by atoms with Crippen molar-refractivity contribution in [1.82, 2.24) is 35.0 Å². The largest absolute Gasteiger partial charge is 0.490 e. The lowest BCUT2D eigenvalue weighted by Gasteiger charge is -2.32. The first-order chi connectivity index (χ1) is 19.8. The van der Waals surface area contributed by atoms with Crippen LogP contribution in [0.25, 0.3) is 11.0 Å². The second-order valence-corrected chi connectivity index (χ2v) is 8.87. The second-order valence-electron chi connectivity index (χ2n) is 8.87. The fourth-order valence-electron chi connectivity index (χ4n) is 3.76. The van der Waals surface area contributed by atoms with Crippen molar-refractivity contribution in [1.29, 1.82) is 0 Å². The molecule has 0 amide bonds. The van der Waals surface area contributed by atoms with Crippen molar-refractivity contribution < 1.29 is 45.7 Å². The van der Waals surface area contributed by atoms with Gasteiger partial charge in [-0.1, -0.05) is 0 Å². The van der Waals surface area contributed by atoms with E-state index in [4.69, 9.17) is 29.3 Å². The Bertz CT molecular complexity index is 1310. The number of anilines is 3. The van der Waals surface area contributed by atoms with E-state index >= 15 is 0 Å². The number of carbonyl (C=O) groups is 1. The lowest BCUT2D eigenvalue weighted by molar-refractivity contribution is -0.192. The third-order valence-electron chi connectivity index (χ3n) is 5.52. The molecule has 0 spiro atoms. The minimum atomic E-state index is -5.08. The first-order valence-corrected chi connectivity index (χ1v) is 12.6. The van der Waals surface area contributed by atoms with E-state index in [9.17, 15) is 26.3 Å². The van der Waals surface area contributed by atoms with Crippen LogP contribution in [0.2, 0.25) is 0 Å². The van der Waals surface area contributed by atoms with Crippen LogP contribution in [0.3, 0.4) is 0 Å². The molecule has 1 atom stereocenters. The standard InChI is InChI=1S/C21H28F3N9O2.C2HF3O2/c1-3-34-11-15-17-18(33(31-15)8-9-35-12-21(22,23)24)19(28-16-4-5-25-13-27-16)30-20(29-17)32-7-6-26-14(2)10-32;3-2(4,5)1(6)7/h4-5,13-14,26H,3,6-12H2,1-2H3,(H,25,27,28,29,30);(H,6,7)/t14-;/m1./s1. The van der Waals surface area contributed by atoms with Crippen molar-refractivity contribution in [2.24, 2.45) is 0 Å². The van der Waals surface area contributed by atoms with Gasteiger partial charge in [0, 0.05) is 38.5 Å². The summed E-state index contributed by atoms with van der Waals surface area (Å²) < 4.78 is 81.2. The van der Waals surface area contributed by atoms with Crippen molar-refractivity contribution in [3.63, 3.8) is 0 Å². The van der Waals surface area contributed by atoms with E-state index in [1.165, 1.54) is 6.33 Å². The first-order valence-electron chi connectivity index (χ1n) is 12.6. The summed E-state index contributed by atoms with van der Waals surface area (Å²) in [5.74, 6) is -1.30. The molecular formula is C23H29F6N9O4. The molecule has 1 saturated heterocycles. The summed E-state index contributed by atoms with van der Waals surface area (Å²) in [7, 11) is 0. The highest BCUT2D eigenvalue weighted by atomic mass is 19.4. The number of ether oxygens (including phenoxy) is 2. The molecule has 0 aromatic carbocycles. The highest BCUT2D eigenvalue weighted by Gasteiger charge is 2.38. The van der Waals surface area contributed by atoms with Crippen molar-refractivity contribution in [2.75, 3.05) is 49.7 Å². The van der Waals surface area contributed by atoms with E-state index in [1.54, 1.807) is 16.9 Å². The van der Waals surface area contributed by atoms with Gasteiger partial charge in [-0.2, -0.15) is 36.4 Å². The smallest absolute Gasteiger partial charge is 0.475 e. The Morgan fingerprint density at radius 2 is 1.95 bits per heavy atom. The summed E-state index contributed by atoms with van der Waals surface area (Å²) in [4.78, 5) is 28.7. The highest BCUT2D eigenvalue weighted by Crippen LogP contribution is 2.29. The summed E-state index contributed by atoms with van der Waals surface area (Å²) in [6, 6.07) is 1.95. The van der Waals surface area contributed by atoms with Gasteiger partial charge in [0.15, 0.2) is 5.82 Å². The number of hydrogen-bond acceptors (Lipinski definition) is 11. The molecule has 4 heterocycles. The normalized spacial score (nSPS) is 15.8. The number of aromatic nitrogens is 6. The summed E-state index contributed by atoms with van der Waals surface area (Å²) in [5, 5.41) is 18.3. The van der Waals surface area contributed by atoms with Crippen molar-refractivity contribution in [3.05, 3.63) is 24.3 Å². The molecule has 1 aliphatic heterocycles. The van der Waals surface area contributed by atoms with Crippen LogP contribution >= 0.6 is 0 Å². The van der Waals surface area contributed by atoms with Crippen LogP contribution in [0, 0.1) is 0 Å². The van der Waals surface area contributed by atoms with Gasteiger partial charge >= 0.3 is 18.3 Å². The van der Waals surface area contributed by atoms with Gasteiger partial charge in [-0.15, -0.1) is 0 Å². The SMILES string of the molecule is CCOCc1nn(CCOCC(F)(F)F)c2c(Nc3ccncn3)nc(N3CCN[C@H](C)C3)nc12.O=C(O)C(F)(F)F. The van der Waals surface area contributed by atoms with Gasteiger partial charge in [0.05, 0.1) is 19.8 Å². The van der Waals surface area contributed by atoms with Crippen LogP contribution < -0.4 is 15.5 Å². The van der Waals surface area contributed by atoms with E-state index in [0.29, 0.717) is 40.9 Å². The zero-order valence-electron chi connectivity index (χ0n) is 22.5. The van der Waals surface area contributed by atoms with Crippen LogP contribution in [-0.2, 0) is 27.4 Å². The molecule has 0 aliphatic carbocycles. The Hall–Kier alpha value is -3.84. The van der Waals surface area contributed by atoms with E-state index < -0.39 is 24.9 Å². The number of fused-ring (bicyclic) bond motifs is 1. The topological polar surface area (TPSA) is 152 Å². The molecule has 1 fully saturated rings. The predicted molar refractivity (Wildman–Crippen MR) is 136 cm³/mol. The van der Waals surface area contributed by atoms with Crippen molar-refractivity contribution in [2.45, 2.75) is 45.4 Å². The molecule has 3 aromatic heterocycles. The van der Waals surface area contributed by atoms with Crippen LogP contribution in [0.4, 0.5) is 43.9 Å². The number of aliphatic carboxylic acids is 1. The molecule has 3 aromatic rings. The van der Waals surface area contributed by atoms with Gasteiger partial charge in [0.1, 0.15) is 35.5 Å². The van der Waals surface area contributed by atoms with Gasteiger partial charge < -0.3 is 30.1 Å². The highest BCUT2D eigenvalue weighted by molar-refractivity contribution is 5.90. The average Bonchev–Trinajstić information content (AvgIpc) is 3.27. The number of nitrogens with zero attached hydrogens (tertiary/aromatic N) is 7. The fourth-order valence-corrected chi connectivity index (χ4v) is 3.76. The molecule has 19 heteroatoms.